The summed E-state index contributed by atoms with van der Waals surface area (Å²) < 4.78 is 5.55. The molecule has 0 aromatic rings. The Morgan fingerprint density at radius 3 is 2.31 bits per heavy atom. The molecule has 2 heterocycles. The minimum atomic E-state index is 0.848. The lowest BCUT2D eigenvalue weighted by Crippen LogP contribution is -2.34. The van der Waals surface area contributed by atoms with E-state index in [1.807, 2.05) is 0 Å². The molecule has 0 bridgehead atoms. The number of ether oxygens (including phenoxy) is 1. The molecule has 2 nitrogen and oxygen atoms in total. The first-order valence-corrected chi connectivity index (χ1v) is 7.17. The van der Waals surface area contributed by atoms with E-state index in [1.54, 1.807) is 0 Å². The standard InChI is InChI=1S/C14H27NO/c1-3-5-7-14(6-4-2)15-8-12-10-16-11-13(12)9-15/h12-14H,3-11H2,1-2H3. The van der Waals surface area contributed by atoms with Gasteiger partial charge in [0.1, 0.15) is 0 Å². The van der Waals surface area contributed by atoms with Crippen LogP contribution in [-0.4, -0.2) is 37.2 Å². The maximum atomic E-state index is 5.55. The Kier molecular flexibility index (Phi) is 4.66. The van der Waals surface area contributed by atoms with E-state index in [2.05, 4.69) is 18.7 Å². The third-order valence-corrected chi connectivity index (χ3v) is 4.30. The lowest BCUT2D eigenvalue weighted by Gasteiger charge is -2.28. The van der Waals surface area contributed by atoms with Gasteiger partial charge in [0.15, 0.2) is 0 Å². The molecule has 2 aliphatic rings. The second-order valence-electron chi connectivity index (χ2n) is 5.60. The highest BCUT2D eigenvalue weighted by atomic mass is 16.5. The SMILES string of the molecule is CCCCC(CCC)N1CC2COCC2C1. The molecule has 2 fully saturated rings. The molecule has 2 saturated heterocycles. The Bertz CT molecular complexity index is 195. The van der Waals surface area contributed by atoms with Crippen molar-refractivity contribution < 1.29 is 4.74 Å². The molecule has 0 spiro atoms. The van der Waals surface area contributed by atoms with Gasteiger partial charge in [-0.15, -0.1) is 0 Å². The average Bonchev–Trinajstić information content (AvgIpc) is 2.84. The molecule has 2 aliphatic heterocycles. The summed E-state index contributed by atoms with van der Waals surface area (Å²) in [5, 5.41) is 0. The van der Waals surface area contributed by atoms with Crippen molar-refractivity contribution in [2.75, 3.05) is 26.3 Å². The minimum Gasteiger partial charge on any atom is -0.381 e. The number of nitrogens with zero attached hydrogens (tertiary/aromatic N) is 1. The van der Waals surface area contributed by atoms with E-state index in [4.69, 9.17) is 4.74 Å². The molecule has 3 atom stereocenters. The smallest absolute Gasteiger partial charge is 0.0510 e. The van der Waals surface area contributed by atoms with Gasteiger partial charge in [0.25, 0.3) is 0 Å². The monoisotopic (exact) mass is 225 g/mol. The number of hydrogen-bond donors (Lipinski definition) is 0. The van der Waals surface area contributed by atoms with Gasteiger partial charge in [0.05, 0.1) is 13.2 Å². The van der Waals surface area contributed by atoms with Gasteiger partial charge >= 0.3 is 0 Å². The van der Waals surface area contributed by atoms with Crippen LogP contribution in [0.5, 0.6) is 0 Å². The first-order valence-electron chi connectivity index (χ1n) is 7.17. The van der Waals surface area contributed by atoms with Crippen LogP contribution in [0.2, 0.25) is 0 Å². The molecule has 16 heavy (non-hydrogen) atoms. The Balaban J connectivity index is 1.83. The number of fused-ring (bicyclic) bond motifs is 1. The molecule has 0 saturated carbocycles. The van der Waals surface area contributed by atoms with E-state index in [9.17, 15) is 0 Å². The van der Waals surface area contributed by atoms with E-state index in [0.29, 0.717) is 0 Å². The van der Waals surface area contributed by atoms with Gasteiger partial charge in [-0.05, 0) is 12.8 Å². The maximum absolute atomic E-state index is 5.55. The molecule has 0 N–H and O–H groups in total. The summed E-state index contributed by atoms with van der Waals surface area (Å²) in [6, 6.07) is 0.857. The van der Waals surface area contributed by atoms with Crippen LogP contribution in [0, 0.1) is 11.8 Å². The van der Waals surface area contributed by atoms with Crippen LogP contribution in [0.15, 0.2) is 0 Å². The van der Waals surface area contributed by atoms with Crippen molar-refractivity contribution in [1.29, 1.82) is 0 Å². The van der Waals surface area contributed by atoms with Crippen molar-refractivity contribution in [2.24, 2.45) is 11.8 Å². The lowest BCUT2D eigenvalue weighted by atomic mass is 10.0. The lowest BCUT2D eigenvalue weighted by molar-refractivity contribution is 0.132. The molecule has 2 rings (SSSR count). The maximum Gasteiger partial charge on any atom is 0.0510 e. The summed E-state index contributed by atoms with van der Waals surface area (Å²) in [4.78, 5) is 2.76. The van der Waals surface area contributed by atoms with Crippen molar-refractivity contribution in [3.05, 3.63) is 0 Å². The number of rotatable bonds is 6. The van der Waals surface area contributed by atoms with Gasteiger partial charge in [-0.25, -0.2) is 0 Å². The molecule has 2 heteroatoms. The molecule has 3 unspecified atom stereocenters. The number of hydrogen-bond acceptors (Lipinski definition) is 2. The Labute approximate surface area is 100 Å². The summed E-state index contributed by atoms with van der Waals surface area (Å²) >= 11 is 0. The predicted molar refractivity (Wildman–Crippen MR) is 67.6 cm³/mol. The third kappa shape index (κ3) is 2.78. The highest BCUT2D eigenvalue weighted by Gasteiger charge is 2.38. The van der Waals surface area contributed by atoms with Gasteiger partial charge in [0, 0.05) is 31.0 Å². The fourth-order valence-electron chi connectivity index (χ4n) is 3.30. The zero-order chi connectivity index (χ0) is 11.4. The first-order chi connectivity index (χ1) is 7.85. The zero-order valence-corrected chi connectivity index (χ0v) is 11.0. The number of unbranched alkanes of at least 4 members (excludes halogenated alkanes) is 1. The molecular formula is C14H27NO. The molecule has 0 aromatic heterocycles. The quantitative estimate of drug-likeness (QED) is 0.689. The van der Waals surface area contributed by atoms with Crippen molar-refractivity contribution in [2.45, 2.75) is 52.0 Å². The largest absolute Gasteiger partial charge is 0.381 e. The fraction of sp³-hybridized carbons (Fsp3) is 1.00. The molecule has 0 aliphatic carbocycles. The van der Waals surface area contributed by atoms with Crippen molar-refractivity contribution in [3.8, 4) is 0 Å². The van der Waals surface area contributed by atoms with Gasteiger partial charge < -0.3 is 4.74 Å². The highest BCUT2D eigenvalue weighted by molar-refractivity contribution is 4.90. The second-order valence-corrected chi connectivity index (χ2v) is 5.60. The van der Waals surface area contributed by atoms with E-state index in [0.717, 1.165) is 31.1 Å². The Morgan fingerprint density at radius 1 is 1.06 bits per heavy atom. The number of likely N-dealkylation sites (tertiary alicyclic amines) is 1. The molecule has 0 radical (unpaired) electrons. The van der Waals surface area contributed by atoms with E-state index in [-0.39, 0.29) is 0 Å². The Hall–Kier alpha value is -0.0800. The fourth-order valence-corrected chi connectivity index (χ4v) is 3.30. The zero-order valence-electron chi connectivity index (χ0n) is 11.0. The van der Waals surface area contributed by atoms with Crippen LogP contribution in [0.1, 0.15) is 46.0 Å². The minimum absolute atomic E-state index is 0.848. The Morgan fingerprint density at radius 2 is 1.75 bits per heavy atom. The topological polar surface area (TPSA) is 12.5 Å². The van der Waals surface area contributed by atoms with E-state index < -0.39 is 0 Å². The molecular weight excluding hydrogens is 198 g/mol. The van der Waals surface area contributed by atoms with E-state index >= 15 is 0 Å². The van der Waals surface area contributed by atoms with Gasteiger partial charge in [0.2, 0.25) is 0 Å². The molecule has 0 aromatic carbocycles. The summed E-state index contributed by atoms with van der Waals surface area (Å²) in [6.07, 6.45) is 6.86. The summed E-state index contributed by atoms with van der Waals surface area (Å²) in [6.45, 7) is 9.27. The first kappa shape index (κ1) is 12.4. The third-order valence-electron chi connectivity index (χ3n) is 4.30. The molecule has 0 amide bonds. The highest BCUT2D eigenvalue weighted by Crippen LogP contribution is 2.32. The normalized spacial score (nSPS) is 31.9. The van der Waals surface area contributed by atoms with E-state index in [1.165, 1.54) is 45.2 Å². The average molecular weight is 225 g/mol. The van der Waals surface area contributed by atoms with Crippen LogP contribution >= 0.6 is 0 Å². The van der Waals surface area contributed by atoms with Crippen LogP contribution < -0.4 is 0 Å². The van der Waals surface area contributed by atoms with Crippen molar-refractivity contribution in [1.82, 2.24) is 4.90 Å². The van der Waals surface area contributed by atoms with Crippen LogP contribution in [-0.2, 0) is 4.74 Å². The van der Waals surface area contributed by atoms with Crippen molar-refractivity contribution >= 4 is 0 Å². The van der Waals surface area contributed by atoms with Gasteiger partial charge in [-0.1, -0.05) is 33.1 Å². The van der Waals surface area contributed by atoms with Gasteiger partial charge in [-0.3, -0.25) is 4.90 Å². The van der Waals surface area contributed by atoms with Crippen LogP contribution in [0.4, 0.5) is 0 Å². The second kappa shape index (κ2) is 6.02. The summed E-state index contributed by atoms with van der Waals surface area (Å²) in [5.41, 5.74) is 0. The van der Waals surface area contributed by atoms with Crippen LogP contribution in [0.25, 0.3) is 0 Å². The summed E-state index contributed by atoms with van der Waals surface area (Å²) in [5.74, 6) is 1.70. The predicted octanol–water partition coefficient (Wildman–Crippen LogP) is 2.92. The van der Waals surface area contributed by atoms with Crippen molar-refractivity contribution in [3.63, 3.8) is 0 Å². The molecule has 94 valence electrons. The van der Waals surface area contributed by atoms with Gasteiger partial charge in [-0.2, -0.15) is 0 Å². The summed E-state index contributed by atoms with van der Waals surface area (Å²) in [7, 11) is 0. The van der Waals surface area contributed by atoms with Crippen LogP contribution in [0.3, 0.4) is 0 Å².